The molecule has 0 spiro atoms. The van der Waals surface area contributed by atoms with Gasteiger partial charge in [-0.2, -0.15) is 0 Å². The summed E-state index contributed by atoms with van der Waals surface area (Å²) in [6.07, 6.45) is 4.19. The lowest BCUT2D eigenvalue weighted by Crippen LogP contribution is -2.48. The molecular weight excluding hydrogens is 330 g/mol. The molecule has 6 heteroatoms. The van der Waals surface area contributed by atoms with Crippen LogP contribution in [0.1, 0.15) is 42.9 Å². The molecule has 26 heavy (non-hydrogen) atoms. The normalized spacial score (nSPS) is 19.9. The fourth-order valence-corrected chi connectivity index (χ4v) is 3.73. The Bertz CT molecular complexity index is 605. The summed E-state index contributed by atoms with van der Waals surface area (Å²) in [7, 11) is 0. The number of hydrogen-bond donors (Lipinski definition) is 2. The van der Waals surface area contributed by atoms with Crippen molar-refractivity contribution in [3.63, 3.8) is 0 Å². The third-order valence-electron chi connectivity index (χ3n) is 5.30. The predicted octanol–water partition coefficient (Wildman–Crippen LogP) is 1.54. The topological polar surface area (TPSA) is 70.7 Å². The maximum absolute atomic E-state index is 12.2. The van der Waals surface area contributed by atoms with Gasteiger partial charge in [-0.15, -0.1) is 0 Å². The third-order valence-corrected chi connectivity index (χ3v) is 5.30. The van der Waals surface area contributed by atoms with Crippen molar-refractivity contribution in [2.75, 3.05) is 32.8 Å². The van der Waals surface area contributed by atoms with E-state index in [4.69, 9.17) is 4.74 Å². The number of nitrogens with zero attached hydrogens (tertiary/aromatic N) is 1. The van der Waals surface area contributed by atoms with Crippen molar-refractivity contribution in [1.29, 1.82) is 0 Å². The molecule has 1 aromatic carbocycles. The van der Waals surface area contributed by atoms with E-state index >= 15 is 0 Å². The molecular formula is C20H29N3O3. The van der Waals surface area contributed by atoms with E-state index in [1.165, 1.54) is 5.56 Å². The summed E-state index contributed by atoms with van der Waals surface area (Å²) in [5, 5.41) is 5.68. The van der Waals surface area contributed by atoms with Gasteiger partial charge in [0.25, 0.3) is 0 Å². The van der Waals surface area contributed by atoms with Crippen LogP contribution in [0.3, 0.4) is 0 Å². The molecule has 0 radical (unpaired) electrons. The second-order valence-electron chi connectivity index (χ2n) is 7.24. The minimum atomic E-state index is -0.540. The van der Waals surface area contributed by atoms with Gasteiger partial charge in [-0.1, -0.05) is 42.7 Å². The van der Waals surface area contributed by atoms with Crippen molar-refractivity contribution in [2.24, 2.45) is 0 Å². The first-order valence-corrected chi connectivity index (χ1v) is 9.60. The van der Waals surface area contributed by atoms with Gasteiger partial charge in [-0.3, -0.25) is 14.5 Å². The number of morpholine rings is 1. The largest absolute Gasteiger partial charge is 0.379 e. The Hall–Kier alpha value is -1.92. The Kier molecular flexibility index (Phi) is 6.63. The monoisotopic (exact) mass is 359 g/mol. The van der Waals surface area contributed by atoms with E-state index in [0.717, 1.165) is 44.3 Å². The molecule has 1 atom stereocenters. The predicted molar refractivity (Wildman–Crippen MR) is 99.7 cm³/mol. The summed E-state index contributed by atoms with van der Waals surface area (Å²) in [4.78, 5) is 26.7. The van der Waals surface area contributed by atoms with E-state index < -0.39 is 11.8 Å². The number of carbonyl (C=O) groups is 2. The lowest BCUT2D eigenvalue weighted by atomic mass is 10.0. The lowest BCUT2D eigenvalue weighted by molar-refractivity contribution is -0.139. The molecule has 1 saturated carbocycles. The number of nitrogens with one attached hydrogen (secondary N) is 2. The van der Waals surface area contributed by atoms with Crippen LogP contribution in [0.4, 0.5) is 0 Å². The molecule has 1 aliphatic heterocycles. The van der Waals surface area contributed by atoms with E-state index in [9.17, 15) is 9.59 Å². The van der Waals surface area contributed by atoms with Crippen LogP contribution < -0.4 is 10.6 Å². The first kappa shape index (κ1) is 18.9. The van der Waals surface area contributed by atoms with E-state index in [1.54, 1.807) is 0 Å². The summed E-state index contributed by atoms with van der Waals surface area (Å²) >= 11 is 0. The van der Waals surface area contributed by atoms with Gasteiger partial charge in [-0.25, -0.2) is 0 Å². The Morgan fingerprint density at radius 3 is 2.42 bits per heavy atom. The summed E-state index contributed by atoms with van der Waals surface area (Å²) in [6, 6.07) is 8.55. The van der Waals surface area contributed by atoms with Gasteiger partial charge in [-0.05, 0) is 25.3 Å². The van der Waals surface area contributed by atoms with E-state index in [1.807, 2.05) is 0 Å². The molecule has 2 aliphatic rings. The smallest absolute Gasteiger partial charge is 0.309 e. The van der Waals surface area contributed by atoms with E-state index in [-0.39, 0.29) is 12.1 Å². The van der Waals surface area contributed by atoms with Gasteiger partial charge in [0.05, 0.1) is 19.3 Å². The fourth-order valence-electron chi connectivity index (χ4n) is 3.73. The second kappa shape index (κ2) is 9.14. The number of hydrogen-bond acceptors (Lipinski definition) is 4. The van der Waals surface area contributed by atoms with Crippen LogP contribution in [0.15, 0.2) is 24.3 Å². The third kappa shape index (κ3) is 5.05. The molecule has 0 bridgehead atoms. The molecule has 1 heterocycles. The number of rotatable bonds is 5. The SMILES string of the molecule is Cc1ccc(C(CNC(=O)C(=O)NC2CCCC2)N2CCOCC2)cc1. The minimum absolute atomic E-state index is 0.0442. The highest BCUT2D eigenvalue weighted by Crippen LogP contribution is 2.22. The van der Waals surface area contributed by atoms with Crippen molar-refractivity contribution in [2.45, 2.75) is 44.7 Å². The molecule has 6 nitrogen and oxygen atoms in total. The van der Waals surface area contributed by atoms with E-state index in [0.29, 0.717) is 19.8 Å². The zero-order valence-electron chi connectivity index (χ0n) is 15.5. The van der Waals surface area contributed by atoms with Crippen molar-refractivity contribution in [1.82, 2.24) is 15.5 Å². The van der Waals surface area contributed by atoms with Gasteiger partial charge in [0.15, 0.2) is 0 Å². The molecule has 0 aromatic heterocycles. The highest BCUT2D eigenvalue weighted by atomic mass is 16.5. The van der Waals surface area contributed by atoms with Crippen LogP contribution in [-0.4, -0.2) is 55.6 Å². The Labute approximate surface area is 155 Å². The van der Waals surface area contributed by atoms with Crippen molar-refractivity contribution in [3.8, 4) is 0 Å². The average Bonchev–Trinajstić information content (AvgIpc) is 3.17. The maximum Gasteiger partial charge on any atom is 0.309 e. The zero-order chi connectivity index (χ0) is 18.4. The van der Waals surface area contributed by atoms with Crippen LogP contribution in [-0.2, 0) is 14.3 Å². The Balaban J connectivity index is 1.60. The summed E-state index contributed by atoms with van der Waals surface area (Å²) in [5.74, 6) is -1.05. The quantitative estimate of drug-likeness (QED) is 0.783. The highest BCUT2D eigenvalue weighted by molar-refractivity contribution is 6.35. The number of benzene rings is 1. The zero-order valence-corrected chi connectivity index (χ0v) is 15.5. The van der Waals surface area contributed by atoms with Crippen LogP contribution in [0.2, 0.25) is 0 Å². The lowest BCUT2D eigenvalue weighted by Gasteiger charge is -2.35. The van der Waals surface area contributed by atoms with Crippen molar-refractivity contribution >= 4 is 11.8 Å². The fraction of sp³-hybridized carbons (Fsp3) is 0.600. The number of amides is 2. The molecule has 1 saturated heterocycles. The van der Waals surface area contributed by atoms with Gasteiger partial charge in [0.1, 0.15) is 0 Å². The van der Waals surface area contributed by atoms with E-state index in [2.05, 4.69) is 46.7 Å². The van der Waals surface area contributed by atoms with Crippen LogP contribution in [0, 0.1) is 6.92 Å². The van der Waals surface area contributed by atoms with Gasteiger partial charge in [0, 0.05) is 25.7 Å². The van der Waals surface area contributed by atoms with Crippen LogP contribution in [0.25, 0.3) is 0 Å². The Morgan fingerprint density at radius 1 is 1.12 bits per heavy atom. The molecule has 2 N–H and O–H groups in total. The summed E-state index contributed by atoms with van der Waals surface area (Å²) in [5.41, 5.74) is 2.35. The molecule has 1 aliphatic carbocycles. The number of ether oxygens (including phenoxy) is 1. The van der Waals surface area contributed by atoms with Crippen LogP contribution >= 0.6 is 0 Å². The molecule has 142 valence electrons. The van der Waals surface area contributed by atoms with Gasteiger partial charge in [0.2, 0.25) is 0 Å². The second-order valence-corrected chi connectivity index (χ2v) is 7.24. The van der Waals surface area contributed by atoms with Crippen molar-refractivity contribution < 1.29 is 14.3 Å². The van der Waals surface area contributed by atoms with Crippen LogP contribution in [0.5, 0.6) is 0 Å². The molecule has 2 fully saturated rings. The number of carbonyl (C=O) groups excluding carboxylic acids is 2. The molecule has 3 rings (SSSR count). The summed E-state index contributed by atoms with van der Waals surface area (Å²) in [6.45, 7) is 5.50. The molecule has 1 aromatic rings. The Morgan fingerprint density at radius 2 is 1.77 bits per heavy atom. The highest BCUT2D eigenvalue weighted by Gasteiger charge is 2.25. The van der Waals surface area contributed by atoms with Crippen molar-refractivity contribution in [3.05, 3.63) is 35.4 Å². The first-order chi connectivity index (χ1) is 12.6. The molecule has 1 unspecified atom stereocenters. The standard InChI is InChI=1S/C20H29N3O3/c1-15-6-8-16(9-7-15)18(23-10-12-26-13-11-23)14-21-19(24)20(25)22-17-4-2-3-5-17/h6-9,17-18H,2-5,10-14H2,1H3,(H,21,24)(H,22,25). The average molecular weight is 359 g/mol. The molecule has 2 amide bonds. The first-order valence-electron chi connectivity index (χ1n) is 9.60. The van der Waals surface area contributed by atoms with Gasteiger partial charge < -0.3 is 15.4 Å². The summed E-state index contributed by atoms with van der Waals surface area (Å²) < 4.78 is 5.45. The minimum Gasteiger partial charge on any atom is -0.379 e. The maximum atomic E-state index is 12.2. The van der Waals surface area contributed by atoms with Gasteiger partial charge >= 0.3 is 11.8 Å². The number of aryl methyl sites for hydroxylation is 1.